The van der Waals surface area contributed by atoms with Gasteiger partial charge < -0.3 is 50.5 Å². The minimum atomic E-state index is -1.67. The van der Waals surface area contributed by atoms with E-state index in [2.05, 4.69) is 55.6 Å². The number of carbonyl (C=O) groups excluding carboxylic acids is 1. The second-order valence-corrected chi connectivity index (χ2v) is 22.1. The monoisotopic (exact) mass is 1050 g/mol. The first-order valence-corrected chi connectivity index (χ1v) is 31.4. The van der Waals surface area contributed by atoms with Gasteiger partial charge in [-0.2, -0.15) is 0 Å². The van der Waals surface area contributed by atoms with E-state index in [-0.39, 0.29) is 12.8 Å². The number of aliphatic hydroxyl groups is 7. The fourth-order valence-corrected chi connectivity index (χ4v) is 10.1. The third-order valence-electron chi connectivity index (χ3n) is 15.2. The molecule has 0 aromatic heterocycles. The van der Waals surface area contributed by atoms with Crippen molar-refractivity contribution in [2.24, 2.45) is 0 Å². The van der Waals surface area contributed by atoms with Gasteiger partial charge in [0.1, 0.15) is 36.6 Å². The van der Waals surface area contributed by atoms with Crippen molar-refractivity contribution in [2.75, 3.05) is 13.2 Å². The van der Waals surface area contributed by atoms with Gasteiger partial charge in [-0.15, -0.1) is 0 Å². The third-order valence-corrected chi connectivity index (χ3v) is 15.2. The molecule has 0 aromatic carbocycles. The molecule has 0 aromatic rings. The van der Waals surface area contributed by atoms with Crippen LogP contribution in [0.1, 0.15) is 290 Å². The Bertz CT molecular complexity index is 1300. The average Bonchev–Trinajstić information content (AvgIpc) is 3.40. The smallest absolute Gasteiger partial charge is 0.249 e. The van der Waals surface area contributed by atoms with Crippen molar-refractivity contribution in [3.63, 3.8) is 0 Å². The number of allylic oxidation sites excluding steroid dienone is 6. The fraction of sp³-hybridized carbons (Fsp3) is 0.889. The molecule has 0 aliphatic carbocycles. The molecule has 74 heavy (non-hydrogen) atoms. The van der Waals surface area contributed by atoms with Crippen LogP contribution >= 0.6 is 0 Å². The maximum atomic E-state index is 13.2. The zero-order valence-corrected chi connectivity index (χ0v) is 47.8. The molecule has 1 fully saturated rings. The Morgan fingerprint density at radius 1 is 0.459 bits per heavy atom. The number of nitrogens with one attached hydrogen (secondary N) is 1. The molecule has 9 unspecified atom stereocenters. The lowest BCUT2D eigenvalue weighted by atomic mass is 9.98. The summed E-state index contributed by atoms with van der Waals surface area (Å²) >= 11 is 0. The molecule has 1 rings (SSSR count). The summed E-state index contributed by atoms with van der Waals surface area (Å²) in [5.74, 6) is -0.708. The molecular weight excluding hydrogens is 931 g/mol. The number of hydrogen-bond acceptors (Lipinski definition) is 10. The van der Waals surface area contributed by atoms with Crippen molar-refractivity contribution in [2.45, 2.75) is 345 Å². The van der Waals surface area contributed by atoms with Gasteiger partial charge in [0, 0.05) is 0 Å². The molecule has 0 radical (unpaired) electrons. The van der Waals surface area contributed by atoms with E-state index in [9.17, 15) is 40.5 Å². The average molecular weight is 1050 g/mol. The molecule has 1 aliphatic heterocycles. The van der Waals surface area contributed by atoms with Crippen LogP contribution in [0.25, 0.3) is 0 Å². The van der Waals surface area contributed by atoms with E-state index in [0.717, 1.165) is 44.9 Å². The number of unbranched alkanes of at least 4 members (excludes halogenated alkanes) is 36. The van der Waals surface area contributed by atoms with Gasteiger partial charge in [-0.25, -0.2) is 0 Å². The van der Waals surface area contributed by atoms with Gasteiger partial charge in [0.2, 0.25) is 5.91 Å². The van der Waals surface area contributed by atoms with Crippen molar-refractivity contribution in [3.8, 4) is 0 Å². The normalized spacial score (nSPS) is 20.0. The van der Waals surface area contributed by atoms with E-state index in [1.807, 2.05) is 0 Å². The lowest BCUT2D eigenvalue weighted by Crippen LogP contribution is -2.60. The number of aliphatic hydroxyl groups excluding tert-OH is 7. The molecule has 0 spiro atoms. The number of amides is 1. The SMILES string of the molecule is CCCCCCCCCCCCCCCCC/C=C/CC/C=C/CC/C=C/CCCC(O)C(O)C(COC1OC(CO)C(O)C(O)C1O)NC(=O)C(O)CCCCCCCCCCCCCCCCCCCCC. The second kappa shape index (κ2) is 52.1. The highest BCUT2D eigenvalue weighted by Crippen LogP contribution is 2.23. The number of rotatable bonds is 54. The van der Waals surface area contributed by atoms with Crippen LogP contribution in [0.3, 0.4) is 0 Å². The first kappa shape index (κ1) is 70.3. The van der Waals surface area contributed by atoms with Crippen LogP contribution in [0, 0.1) is 0 Å². The predicted molar refractivity (Wildman–Crippen MR) is 307 cm³/mol. The second-order valence-electron chi connectivity index (χ2n) is 22.1. The van der Waals surface area contributed by atoms with Crippen LogP contribution in [-0.4, -0.2) is 110 Å². The third kappa shape index (κ3) is 39.7. The first-order chi connectivity index (χ1) is 36.2. The van der Waals surface area contributed by atoms with E-state index >= 15 is 0 Å². The van der Waals surface area contributed by atoms with E-state index in [0.29, 0.717) is 19.3 Å². The van der Waals surface area contributed by atoms with Gasteiger partial charge in [0.05, 0.1) is 25.4 Å². The molecule has 436 valence electrons. The van der Waals surface area contributed by atoms with Crippen LogP contribution in [0.2, 0.25) is 0 Å². The van der Waals surface area contributed by atoms with Gasteiger partial charge in [-0.05, 0) is 64.2 Å². The summed E-state index contributed by atoms with van der Waals surface area (Å²) in [6.07, 6.45) is 53.5. The minimum Gasteiger partial charge on any atom is -0.394 e. The first-order valence-electron chi connectivity index (χ1n) is 31.4. The van der Waals surface area contributed by atoms with Crippen LogP contribution in [0.4, 0.5) is 0 Å². The zero-order valence-electron chi connectivity index (χ0n) is 47.8. The van der Waals surface area contributed by atoms with Gasteiger partial charge in [-0.3, -0.25) is 4.79 Å². The molecule has 1 saturated heterocycles. The molecule has 1 aliphatic rings. The number of ether oxygens (including phenoxy) is 2. The Balaban J connectivity index is 2.30. The van der Waals surface area contributed by atoms with E-state index in [1.165, 1.54) is 199 Å². The maximum Gasteiger partial charge on any atom is 0.249 e. The van der Waals surface area contributed by atoms with Crippen LogP contribution in [-0.2, 0) is 14.3 Å². The maximum absolute atomic E-state index is 13.2. The quantitative estimate of drug-likeness (QED) is 0.0215. The topological polar surface area (TPSA) is 189 Å². The lowest BCUT2D eigenvalue weighted by Gasteiger charge is -2.40. The Morgan fingerprint density at radius 3 is 1.20 bits per heavy atom. The van der Waals surface area contributed by atoms with Crippen LogP contribution in [0.15, 0.2) is 36.5 Å². The molecule has 11 heteroatoms. The summed E-state index contributed by atoms with van der Waals surface area (Å²) in [7, 11) is 0. The number of hydrogen-bond donors (Lipinski definition) is 8. The predicted octanol–water partition coefficient (Wildman–Crippen LogP) is 13.9. The largest absolute Gasteiger partial charge is 0.394 e. The molecule has 0 saturated carbocycles. The van der Waals surface area contributed by atoms with Crippen molar-refractivity contribution in [1.82, 2.24) is 5.32 Å². The summed E-state index contributed by atoms with van der Waals surface area (Å²) in [4.78, 5) is 13.2. The van der Waals surface area contributed by atoms with Crippen molar-refractivity contribution in [1.29, 1.82) is 0 Å². The van der Waals surface area contributed by atoms with Gasteiger partial charge >= 0.3 is 0 Å². The van der Waals surface area contributed by atoms with Crippen molar-refractivity contribution >= 4 is 5.91 Å². The Hall–Kier alpha value is -1.67. The molecule has 1 amide bonds. The summed E-state index contributed by atoms with van der Waals surface area (Å²) in [5, 5.41) is 76.2. The molecular formula is C63H119NO10. The van der Waals surface area contributed by atoms with Crippen LogP contribution in [0.5, 0.6) is 0 Å². The Morgan fingerprint density at radius 2 is 0.811 bits per heavy atom. The molecule has 11 nitrogen and oxygen atoms in total. The fourth-order valence-electron chi connectivity index (χ4n) is 10.1. The van der Waals surface area contributed by atoms with E-state index in [4.69, 9.17) is 9.47 Å². The van der Waals surface area contributed by atoms with Crippen LogP contribution < -0.4 is 5.32 Å². The molecule has 9 atom stereocenters. The van der Waals surface area contributed by atoms with Gasteiger partial charge in [0.15, 0.2) is 6.29 Å². The summed E-state index contributed by atoms with van der Waals surface area (Å²) in [6.45, 7) is 3.47. The minimum absolute atomic E-state index is 0.243. The van der Waals surface area contributed by atoms with E-state index < -0.39 is 74.2 Å². The zero-order chi connectivity index (χ0) is 54.0. The summed E-state index contributed by atoms with van der Waals surface area (Å²) in [6, 6.07) is -1.19. The van der Waals surface area contributed by atoms with Gasteiger partial charge in [0.25, 0.3) is 0 Å². The van der Waals surface area contributed by atoms with Crippen molar-refractivity contribution in [3.05, 3.63) is 36.5 Å². The van der Waals surface area contributed by atoms with Crippen molar-refractivity contribution < 1.29 is 50.0 Å². The summed E-state index contributed by atoms with van der Waals surface area (Å²) < 4.78 is 11.1. The lowest BCUT2D eigenvalue weighted by molar-refractivity contribution is -0.303. The molecule has 8 N–H and O–H groups in total. The number of carbonyl (C=O) groups is 1. The van der Waals surface area contributed by atoms with Gasteiger partial charge in [-0.1, -0.05) is 262 Å². The molecule has 1 heterocycles. The van der Waals surface area contributed by atoms with E-state index in [1.54, 1.807) is 0 Å². The molecule has 0 bridgehead atoms. The Kier molecular flexibility index (Phi) is 49.5. The standard InChI is InChI=1S/C63H119NO10/c1-3-5-7-9-11-13-15-17-19-21-23-24-25-26-27-28-29-30-31-33-34-36-38-40-42-44-46-48-50-55(66)58(68)54(53-73-63-61(71)60(70)59(69)57(52-65)74-63)64-62(72)56(67)51-49-47-45-43-41-39-37-35-32-22-20-18-16-14-12-10-8-6-4-2/h29-30,34,36,42,44,54-61,63,65-71H,3-28,31-33,35,37-41,43,45-53H2,1-2H3,(H,64,72)/b30-29+,36-34+,44-42+. The highest BCUT2D eigenvalue weighted by molar-refractivity contribution is 5.80. The highest BCUT2D eigenvalue weighted by Gasteiger charge is 2.44. The Labute approximate surface area is 454 Å². The highest BCUT2D eigenvalue weighted by atomic mass is 16.7. The summed E-state index contributed by atoms with van der Waals surface area (Å²) in [5.41, 5.74) is 0.